The van der Waals surface area contributed by atoms with E-state index in [1.54, 1.807) is 21.9 Å². The molecule has 1 aliphatic heterocycles. The Bertz CT molecular complexity index is 796. The van der Waals surface area contributed by atoms with Crippen LogP contribution in [0.2, 0.25) is 0 Å². The summed E-state index contributed by atoms with van der Waals surface area (Å²) in [6.45, 7) is -0.0474. The van der Waals surface area contributed by atoms with Crippen molar-refractivity contribution in [2.75, 3.05) is 13.7 Å². The van der Waals surface area contributed by atoms with Crippen molar-refractivity contribution in [3.05, 3.63) is 33.9 Å². The Balaban J connectivity index is 1.93. The molecular formula is C19H20BrN3O2S. The molecule has 0 atom stereocenters. The maximum absolute atomic E-state index is 13.1. The normalized spacial score (nSPS) is 20.0. The number of benzene rings is 1. The molecule has 26 heavy (non-hydrogen) atoms. The summed E-state index contributed by atoms with van der Waals surface area (Å²) in [5, 5.41) is 9.33. The van der Waals surface area contributed by atoms with Crippen LogP contribution in [0.3, 0.4) is 0 Å². The van der Waals surface area contributed by atoms with E-state index in [1.807, 2.05) is 25.2 Å². The van der Waals surface area contributed by atoms with Gasteiger partial charge in [0.25, 0.3) is 5.91 Å². The molecule has 1 saturated carbocycles. The largest absolute Gasteiger partial charge is 0.478 e. The minimum absolute atomic E-state index is 0.0474. The Morgan fingerprint density at radius 1 is 1.38 bits per heavy atom. The highest BCUT2D eigenvalue weighted by Crippen LogP contribution is 2.32. The van der Waals surface area contributed by atoms with Crippen molar-refractivity contribution in [2.45, 2.75) is 38.1 Å². The lowest BCUT2D eigenvalue weighted by Gasteiger charge is -2.30. The second-order valence-electron chi connectivity index (χ2n) is 6.47. The van der Waals surface area contributed by atoms with E-state index >= 15 is 0 Å². The first-order valence-electron chi connectivity index (χ1n) is 8.65. The molecule has 2 aliphatic rings. The molecule has 3 rings (SSSR count). The number of thiocarbonyl (C=S) groups is 1. The van der Waals surface area contributed by atoms with Gasteiger partial charge in [0.05, 0.1) is 0 Å². The SMILES string of the molecule is CN1C(=S)N(C2CCCCC2)C(=O)/C1=C\c1cc(Br)ccc1OCC#N. The first-order valence-corrected chi connectivity index (χ1v) is 9.85. The highest BCUT2D eigenvalue weighted by Gasteiger charge is 2.40. The molecule has 136 valence electrons. The molecule has 0 N–H and O–H groups in total. The van der Waals surface area contributed by atoms with Crippen LogP contribution in [0.25, 0.3) is 6.08 Å². The lowest BCUT2D eigenvalue weighted by molar-refractivity contribution is -0.124. The molecule has 1 amide bonds. The van der Waals surface area contributed by atoms with Gasteiger partial charge in [-0.15, -0.1) is 0 Å². The van der Waals surface area contributed by atoms with Crippen LogP contribution in [-0.2, 0) is 4.79 Å². The summed E-state index contributed by atoms with van der Waals surface area (Å²) < 4.78 is 6.36. The lowest BCUT2D eigenvalue weighted by Crippen LogP contribution is -2.41. The van der Waals surface area contributed by atoms with E-state index in [0.717, 1.165) is 35.7 Å². The summed E-state index contributed by atoms with van der Waals surface area (Å²) >= 11 is 9.00. The van der Waals surface area contributed by atoms with Gasteiger partial charge in [-0.2, -0.15) is 5.26 Å². The number of hydrogen-bond donors (Lipinski definition) is 0. The van der Waals surface area contributed by atoms with E-state index in [9.17, 15) is 4.79 Å². The third-order valence-corrected chi connectivity index (χ3v) is 5.75. The predicted molar refractivity (Wildman–Crippen MR) is 107 cm³/mol. The van der Waals surface area contributed by atoms with Crippen LogP contribution in [0.15, 0.2) is 28.4 Å². The summed E-state index contributed by atoms with van der Waals surface area (Å²) in [7, 11) is 1.82. The topological polar surface area (TPSA) is 56.6 Å². The van der Waals surface area contributed by atoms with Gasteiger partial charge in [-0.1, -0.05) is 35.2 Å². The molecule has 0 spiro atoms. The first kappa shape index (κ1) is 18.9. The third-order valence-electron chi connectivity index (χ3n) is 4.79. The van der Waals surface area contributed by atoms with Crippen molar-refractivity contribution >= 4 is 45.2 Å². The highest BCUT2D eigenvalue weighted by atomic mass is 79.9. The van der Waals surface area contributed by atoms with Crippen LogP contribution in [-0.4, -0.2) is 40.5 Å². The molecule has 0 unspecified atom stereocenters. The number of ether oxygens (including phenoxy) is 1. The highest BCUT2D eigenvalue weighted by molar-refractivity contribution is 9.10. The second-order valence-corrected chi connectivity index (χ2v) is 7.75. The summed E-state index contributed by atoms with van der Waals surface area (Å²) in [6.07, 6.45) is 7.28. The first-order chi connectivity index (χ1) is 12.5. The predicted octanol–water partition coefficient (Wildman–Crippen LogP) is 4.08. The fourth-order valence-corrected chi connectivity index (χ4v) is 4.17. The van der Waals surface area contributed by atoms with E-state index in [1.165, 1.54) is 6.42 Å². The molecule has 1 aliphatic carbocycles. The number of hydrogen-bond acceptors (Lipinski definition) is 4. The summed E-state index contributed by atoms with van der Waals surface area (Å²) in [5.41, 5.74) is 1.26. The van der Waals surface area contributed by atoms with Gasteiger partial charge in [0.1, 0.15) is 17.5 Å². The standard InChI is InChI=1S/C19H20BrN3O2S/c1-22-16(12-13-11-14(20)7-8-17(13)25-10-9-21)18(24)23(19(22)26)15-5-3-2-4-6-15/h7-8,11-12,15H,2-6,10H2,1H3/b16-12+. The molecule has 0 aromatic heterocycles. The minimum atomic E-state index is -0.0596. The van der Waals surface area contributed by atoms with Gasteiger partial charge in [0.15, 0.2) is 11.7 Å². The summed E-state index contributed by atoms with van der Waals surface area (Å²) in [4.78, 5) is 16.6. The average molecular weight is 434 g/mol. The van der Waals surface area contributed by atoms with Crippen molar-refractivity contribution < 1.29 is 9.53 Å². The zero-order valence-corrected chi connectivity index (χ0v) is 17.0. The van der Waals surface area contributed by atoms with Gasteiger partial charge in [0, 0.05) is 23.1 Å². The fraction of sp³-hybridized carbons (Fsp3) is 0.421. The maximum atomic E-state index is 13.1. The molecule has 1 saturated heterocycles. The van der Waals surface area contributed by atoms with Gasteiger partial charge in [-0.3, -0.25) is 9.69 Å². The number of nitrogens with zero attached hydrogens (tertiary/aromatic N) is 3. The number of carbonyl (C=O) groups excluding carboxylic acids is 1. The summed E-state index contributed by atoms with van der Waals surface area (Å²) in [6, 6.07) is 7.65. The van der Waals surface area contributed by atoms with Gasteiger partial charge in [0.2, 0.25) is 0 Å². The Labute approximate surface area is 167 Å². The van der Waals surface area contributed by atoms with Crippen LogP contribution in [0, 0.1) is 11.3 Å². The van der Waals surface area contributed by atoms with Crippen LogP contribution < -0.4 is 4.74 Å². The number of amides is 1. The number of rotatable bonds is 4. The van der Waals surface area contributed by atoms with Crippen LogP contribution >= 0.6 is 28.1 Å². The van der Waals surface area contributed by atoms with Crippen molar-refractivity contribution in [2.24, 2.45) is 0 Å². The van der Waals surface area contributed by atoms with Crippen molar-refractivity contribution in [3.8, 4) is 11.8 Å². The van der Waals surface area contributed by atoms with E-state index in [2.05, 4.69) is 15.9 Å². The monoisotopic (exact) mass is 433 g/mol. The Morgan fingerprint density at radius 2 is 2.12 bits per heavy atom. The zero-order valence-electron chi connectivity index (χ0n) is 14.6. The van der Waals surface area contributed by atoms with Crippen molar-refractivity contribution in [1.82, 2.24) is 9.80 Å². The van der Waals surface area contributed by atoms with Crippen molar-refractivity contribution in [1.29, 1.82) is 5.26 Å². The maximum Gasteiger partial charge on any atom is 0.277 e. The molecule has 2 fully saturated rings. The van der Waals surface area contributed by atoms with Gasteiger partial charge in [-0.05, 0) is 49.3 Å². The minimum Gasteiger partial charge on any atom is -0.478 e. The molecule has 1 heterocycles. The molecule has 0 radical (unpaired) electrons. The van der Waals surface area contributed by atoms with Gasteiger partial charge in [-0.25, -0.2) is 0 Å². The van der Waals surface area contributed by atoms with E-state index < -0.39 is 0 Å². The quantitative estimate of drug-likeness (QED) is 0.528. The Hall–Kier alpha value is -1.91. The second kappa shape index (κ2) is 8.19. The summed E-state index contributed by atoms with van der Waals surface area (Å²) in [5.74, 6) is 0.501. The smallest absolute Gasteiger partial charge is 0.277 e. The zero-order chi connectivity index (χ0) is 18.7. The van der Waals surface area contributed by atoms with E-state index in [0.29, 0.717) is 16.6 Å². The van der Waals surface area contributed by atoms with Crippen LogP contribution in [0.1, 0.15) is 37.7 Å². The lowest BCUT2D eigenvalue weighted by atomic mass is 9.94. The van der Waals surface area contributed by atoms with Crippen LogP contribution in [0.4, 0.5) is 0 Å². The molecule has 7 heteroatoms. The Morgan fingerprint density at radius 3 is 2.81 bits per heavy atom. The fourth-order valence-electron chi connectivity index (χ4n) is 3.46. The number of halogens is 1. The number of likely N-dealkylation sites (N-methyl/N-ethyl adjacent to an activating group) is 1. The Kier molecular flexibility index (Phi) is 5.94. The number of carbonyl (C=O) groups is 1. The van der Waals surface area contributed by atoms with E-state index in [-0.39, 0.29) is 18.6 Å². The van der Waals surface area contributed by atoms with Gasteiger partial charge < -0.3 is 9.64 Å². The third kappa shape index (κ3) is 3.76. The van der Waals surface area contributed by atoms with E-state index in [4.69, 9.17) is 22.2 Å². The molecule has 5 nitrogen and oxygen atoms in total. The average Bonchev–Trinajstić information content (AvgIpc) is 2.85. The van der Waals surface area contributed by atoms with Gasteiger partial charge >= 0.3 is 0 Å². The molecule has 0 bridgehead atoms. The molecule has 1 aromatic rings. The molecular weight excluding hydrogens is 414 g/mol. The van der Waals surface area contributed by atoms with Crippen molar-refractivity contribution in [3.63, 3.8) is 0 Å². The molecule has 1 aromatic carbocycles. The van der Waals surface area contributed by atoms with Crippen LogP contribution in [0.5, 0.6) is 5.75 Å². The number of nitriles is 1.